The van der Waals surface area contributed by atoms with Crippen LogP contribution in [0, 0.1) is 11.8 Å². The van der Waals surface area contributed by atoms with Crippen molar-refractivity contribution in [3.8, 4) is 0 Å². The Kier molecular flexibility index (Phi) is 5.27. The number of amides is 2. The third kappa shape index (κ3) is 4.03. The highest BCUT2D eigenvalue weighted by Gasteiger charge is 2.36. The lowest BCUT2D eigenvalue weighted by molar-refractivity contribution is -0.135. The van der Waals surface area contributed by atoms with Gasteiger partial charge in [0, 0.05) is 30.6 Å². The van der Waals surface area contributed by atoms with E-state index >= 15 is 0 Å². The van der Waals surface area contributed by atoms with Gasteiger partial charge in [0.2, 0.25) is 21.7 Å². The molecule has 1 saturated heterocycles. The molecule has 1 heterocycles. The highest BCUT2D eigenvalue weighted by atomic mass is 32.2. The zero-order valence-electron chi connectivity index (χ0n) is 14.0. The Hall–Kier alpha value is -2.03. The maximum absolute atomic E-state index is 12.5. The first kappa shape index (κ1) is 18.8. The molecule has 0 unspecified atom stereocenters. The molecule has 0 atom stereocenters. The van der Waals surface area contributed by atoms with Gasteiger partial charge in [-0.1, -0.05) is 0 Å². The molecule has 1 aromatic carbocycles. The van der Waals surface area contributed by atoms with E-state index in [4.69, 9.17) is 0 Å². The smallest absolute Gasteiger partial charge is 0.341 e. The molecule has 1 aliphatic heterocycles. The van der Waals surface area contributed by atoms with Crippen molar-refractivity contribution in [2.75, 3.05) is 18.4 Å². The van der Waals surface area contributed by atoms with Gasteiger partial charge in [-0.25, -0.2) is 8.42 Å². The summed E-state index contributed by atoms with van der Waals surface area (Å²) in [6.07, 6.45) is 3.05. The van der Waals surface area contributed by atoms with Gasteiger partial charge in [-0.15, -0.1) is 0 Å². The molecule has 1 saturated carbocycles. The number of nitrogens with zero attached hydrogens (tertiary/aromatic N) is 1. The van der Waals surface area contributed by atoms with Gasteiger partial charge in [-0.05, 0) is 49.9 Å². The molecular formula is C17H20F2N2O4S. The van der Waals surface area contributed by atoms with Gasteiger partial charge in [0.05, 0.1) is 4.90 Å². The minimum atomic E-state index is -4.64. The van der Waals surface area contributed by atoms with Gasteiger partial charge in [0.15, 0.2) is 0 Å². The van der Waals surface area contributed by atoms with Crippen molar-refractivity contribution in [1.82, 2.24) is 4.90 Å². The number of sulfone groups is 1. The normalized spacial score (nSPS) is 18.8. The fourth-order valence-corrected chi connectivity index (χ4v) is 3.75. The van der Waals surface area contributed by atoms with Gasteiger partial charge >= 0.3 is 5.76 Å². The van der Waals surface area contributed by atoms with Crippen molar-refractivity contribution >= 4 is 27.3 Å². The molecule has 0 bridgehead atoms. The molecule has 6 nitrogen and oxygen atoms in total. The fourth-order valence-electron chi connectivity index (χ4n) is 3.03. The Balaban J connectivity index is 1.54. The van der Waals surface area contributed by atoms with E-state index in [1.54, 1.807) is 0 Å². The standard InChI is InChI=1S/C17H20F2N2O4S/c18-17(19)26(24,25)14-5-3-13(4-6-14)20-15(22)11-7-9-21(10-8-11)16(23)12-1-2-12/h3-6,11-12,17H,1-2,7-10H2,(H,20,22). The van der Waals surface area contributed by atoms with Crippen molar-refractivity contribution < 1.29 is 26.8 Å². The van der Waals surface area contributed by atoms with E-state index in [2.05, 4.69) is 5.32 Å². The zero-order chi connectivity index (χ0) is 18.9. The molecule has 26 heavy (non-hydrogen) atoms. The third-order valence-electron chi connectivity index (χ3n) is 4.79. The molecule has 1 aliphatic carbocycles. The summed E-state index contributed by atoms with van der Waals surface area (Å²) in [4.78, 5) is 25.7. The van der Waals surface area contributed by atoms with E-state index in [1.165, 1.54) is 12.1 Å². The molecule has 0 aromatic heterocycles. The number of rotatable bonds is 5. The highest BCUT2D eigenvalue weighted by molar-refractivity contribution is 7.91. The van der Waals surface area contributed by atoms with Crippen molar-refractivity contribution in [1.29, 1.82) is 0 Å². The number of carbonyl (C=O) groups is 2. The molecule has 1 N–H and O–H groups in total. The molecule has 2 amide bonds. The number of benzene rings is 1. The molecule has 0 radical (unpaired) electrons. The van der Waals surface area contributed by atoms with E-state index in [-0.39, 0.29) is 23.7 Å². The van der Waals surface area contributed by atoms with Crippen molar-refractivity contribution in [3.63, 3.8) is 0 Å². The maximum atomic E-state index is 12.5. The predicted molar refractivity (Wildman–Crippen MR) is 90.3 cm³/mol. The lowest BCUT2D eigenvalue weighted by Gasteiger charge is -2.31. The van der Waals surface area contributed by atoms with E-state index in [0.29, 0.717) is 31.6 Å². The number of hydrogen-bond acceptors (Lipinski definition) is 4. The van der Waals surface area contributed by atoms with E-state index in [0.717, 1.165) is 25.0 Å². The molecule has 3 rings (SSSR count). The van der Waals surface area contributed by atoms with Crippen LogP contribution in [0.3, 0.4) is 0 Å². The van der Waals surface area contributed by atoms with Crippen LogP contribution in [0.25, 0.3) is 0 Å². The minimum Gasteiger partial charge on any atom is -0.342 e. The van der Waals surface area contributed by atoms with Crippen LogP contribution in [0.2, 0.25) is 0 Å². The largest absolute Gasteiger partial charge is 0.342 e. The second-order valence-electron chi connectivity index (χ2n) is 6.69. The summed E-state index contributed by atoms with van der Waals surface area (Å²) in [6.45, 7) is 1.11. The lowest BCUT2D eigenvalue weighted by atomic mass is 9.95. The zero-order valence-corrected chi connectivity index (χ0v) is 14.8. The summed E-state index contributed by atoms with van der Waals surface area (Å²) in [7, 11) is -4.64. The van der Waals surface area contributed by atoms with Crippen LogP contribution in [-0.4, -0.2) is 44.0 Å². The Bertz CT molecular complexity index is 783. The van der Waals surface area contributed by atoms with Crippen LogP contribution >= 0.6 is 0 Å². The molecule has 0 spiro atoms. The van der Waals surface area contributed by atoms with Crippen LogP contribution < -0.4 is 5.32 Å². The first-order valence-electron chi connectivity index (χ1n) is 8.51. The average Bonchev–Trinajstić information content (AvgIpc) is 3.46. The topological polar surface area (TPSA) is 83.6 Å². The quantitative estimate of drug-likeness (QED) is 0.842. The fraction of sp³-hybridized carbons (Fsp3) is 0.529. The molecule has 142 valence electrons. The number of likely N-dealkylation sites (tertiary alicyclic amines) is 1. The summed E-state index contributed by atoms with van der Waals surface area (Å²) in [6, 6.07) is 4.68. The Labute approximate surface area is 150 Å². The Morgan fingerprint density at radius 1 is 1.00 bits per heavy atom. The number of alkyl halides is 2. The second-order valence-corrected chi connectivity index (χ2v) is 8.61. The van der Waals surface area contributed by atoms with Crippen LogP contribution in [0.1, 0.15) is 25.7 Å². The minimum absolute atomic E-state index is 0.170. The second kappa shape index (κ2) is 7.30. The predicted octanol–water partition coefficient (Wildman–Crippen LogP) is 2.27. The van der Waals surface area contributed by atoms with Gasteiger partial charge in [-0.3, -0.25) is 9.59 Å². The number of anilines is 1. The van der Waals surface area contributed by atoms with Crippen LogP contribution in [-0.2, 0) is 19.4 Å². The lowest BCUT2D eigenvalue weighted by Crippen LogP contribution is -2.42. The summed E-state index contributed by atoms with van der Waals surface area (Å²) >= 11 is 0. The molecule has 9 heteroatoms. The summed E-state index contributed by atoms with van der Waals surface area (Å²) < 4.78 is 47.8. The Morgan fingerprint density at radius 2 is 1.58 bits per heavy atom. The van der Waals surface area contributed by atoms with Gasteiger partial charge < -0.3 is 10.2 Å². The van der Waals surface area contributed by atoms with Crippen molar-refractivity contribution in [2.24, 2.45) is 11.8 Å². The number of hydrogen-bond donors (Lipinski definition) is 1. The highest BCUT2D eigenvalue weighted by Crippen LogP contribution is 2.32. The molecule has 2 fully saturated rings. The van der Waals surface area contributed by atoms with Crippen LogP contribution in [0.15, 0.2) is 29.2 Å². The number of carbonyl (C=O) groups excluding carboxylic acids is 2. The number of piperidine rings is 1. The summed E-state index contributed by atoms with van der Waals surface area (Å²) in [5.74, 6) is -3.58. The molecule has 2 aliphatic rings. The van der Waals surface area contributed by atoms with Gasteiger partial charge in [0.1, 0.15) is 0 Å². The maximum Gasteiger partial charge on any atom is 0.341 e. The SMILES string of the molecule is O=C(Nc1ccc(S(=O)(=O)C(F)F)cc1)C1CCN(C(=O)C2CC2)CC1. The van der Waals surface area contributed by atoms with Crippen molar-refractivity contribution in [3.05, 3.63) is 24.3 Å². The van der Waals surface area contributed by atoms with Gasteiger partial charge in [0.25, 0.3) is 0 Å². The molecular weight excluding hydrogens is 366 g/mol. The summed E-state index contributed by atoms with van der Waals surface area (Å²) in [5, 5.41) is 2.67. The van der Waals surface area contributed by atoms with E-state index < -0.39 is 20.5 Å². The summed E-state index contributed by atoms with van der Waals surface area (Å²) in [5.41, 5.74) is 0.347. The van der Waals surface area contributed by atoms with Crippen LogP contribution in [0.5, 0.6) is 0 Å². The van der Waals surface area contributed by atoms with Crippen molar-refractivity contribution in [2.45, 2.75) is 36.3 Å². The number of nitrogens with one attached hydrogen (secondary N) is 1. The first-order chi connectivity index (χ1) is 12.3. The third-order valence-corrected chi connectivity index (χ3v) is 6.19. The monoisotopic (exact) mass is 386 g/mol. The van der Waals surface area contributed by atoms with Crippen LogP contribution in [0.4, 0.5) is 14.5 Å². The molecule has 1 aromatic rings. The van der Waals surface area contributed by atoms with E-state index in [1.807, 2.05) is 4.90 Å². The average molecular weight is 386 g/mol. The first-order valence-corrected chi connectivity index (χ1v) is 10.1. The number of halogens is 2. The van der Waals surface area contributed by atoms with E-state index in [9.17, 15) is 26.8 Å². The Morgan fingerprint density at radius 3 is 2.08 bits per heavy atom. The van der Waals surface area contributed by atoms with Gasteiger partial charge in [-0.2, -0.15) is 8.78 Å².